The van der Waals surface area contributed by atoms with Crippen molar-refractivity contribution < 1.29 is 5.11 Å². The SMILES string of the molecule is CC1=C(Br)C=CC2=NNC(O)N21. The number of hydrogen-bond donors (Lipinski definition) is 2. The molecule has 2 aliphatic rings. The summed E-state index contributed by atoms with van der Waals surface area (Å²) in [4.78, 5) is 1.71. The molecular weight excluding hydrogens is 222 g/mol. The standard InChI is InChI=1S/C7H8BrN3O/c1-4-5(8)2-3-6-9-10-7(12)11(4)6/h2-3,7,10,12H,1H3. The molecule has 0 radical (unpaired) electrons. The number of halogens is 1. The zero-order chi connectivity index (χ0) is 8.72. The summed E-state index contributed by atoms with van der Waals surface area (Å²) in [5.41, 5.74) is 3.53. The van der Waals surface area contributed by atoms with Crippen molar-refractivity contribution in [1.29, 1.82) is 0 Å². The van der Waals surface area contributed by atoms with Gasteiger partial charge in [0.2, 0.25) is 6.35 Å². The Bertz CT molecular complexity index is 308. The fourth-order valence-corrected chi connectivity index (χ4v) is 1.54. The lowest BCUT2D eigenvalue weighted by atomic mass is 10.2. The van der Waals surface area contributed by atoms with Crippen molar-refractivity contribution in [2.45, 2.75) is 13.3 Å². The Morgan fingerprint density at radius 2 is 2.42 bits per heavy atom. The Labute approximate surface area is 78.4 Å². The molecule has 2 N–H and O–H groups in total. The fourth-order valence-electron chi connectivity index (χ4n) is 1.22. The van der Waals surface area contributed by atoms with Crippen LogP contribution in [-0.2, 0) is 0 Å². The zero-order valence-corrected chi connectivity index (χ0v) is 8.04. The molecule has 4 nitrogen and oxygen atoms in total. The molecule has 2 heterocycles. The highest BCUT2D eigenvalue weighted by atomic mass is 79.9. The molecule has 0 saturated heterocycles. The first-order valence-corrected chi connectivity index (χ1v) is 4.34. The van der Waals surface area contributed by atoms with Gasteiger partial charge in [0.15, 0.2) is 5.84 Å². The van der Waals surface area contributed by atoms with Gasteiger partial charge in [-0.25, -0.2) is 0 Å². The van der Waals surface area contributed by atoms with Crippen molar-refractivity contribution in [3.63, 3.8) is 0 Å². The predicted octanol–water partition coefficient (Wildman–Crippen LogP) is 0.677. The summed E-state index contributed by atoms with van der Waals surface area (Å²) < 4.78 is 0.962. The van der Waals surface area contributed by atoms with Gasteiger partial charge in [-0.3, -0.25) is 10.3 Å². The van der Waals surface area contributed by atoms with E-state index in [0.717, 1.165) is 16.0 Å². The molecular formula is C7H8BrN3O. The van der Waals surface area contributed by atoms with Crippen molar-refractivity contribution in [3.8, 4) is 0 Å². The summed E-state index contributed by atoms with van der Waals surface area (Å²) in [7, 11) is 0. The number of rotatable bonds is 0. The maximum Gasteiger partial charge on any atom is 0.225 e. The van der Waals surface area contributed by atoms with Gasteiger partial charge in [0.25, 0.3) is 0 Å². The van der Waals surface area contributed by atoms with Crippen molar-refractivity contribution in [3.05, 3.63) is 22.3 Å². The maximum atomic E-state index is 9.42. The summed E-state index contributed by atoms with van der Waals surface area (Å²) in [6.07, 6.45) is 3.00. The monoisotopic (exact) mass is 229 g/mol. The molecule has 12 heavy (non-hydrogen) atoms. The topological polar surface area (TPSA) is 47.9 Å². The van der Waals surface area contributed by atoms with Crippen LogP contribution in [0.1, 0.15) is 6.92 Å². The summed E-state index contributed by atoms with van der Waals surface area (Å²) in [6.45, 7) is 1.92. The van der Waals surface area contributed by atoms with E-state index in [1.165, 1.54) is 0 Å². The Hall–Kier alpha value is -0.810. The minimum atomic E-state index is -0.738. The zero-order valence-electron chi connectivity index (χ0n) is 6.45. The molecule has 0 bridgehead atoms. The summed E-state index contributed by atoms with van der Waals surface area (Å²) >= 11 is 3.37. The molecule has 0 spiro atoms. The average Bonchev–Trinajstić information content (AvgIpc) is 2.41. The third kappa shape index (κ3) is 0.971. The van der Waals surface area contributed by atoms with Crippen LogP contribution in [0.4, 0.5) is 0 Å². The van der Waals surface area contributed by atoms with Crippen LogP contribution in [-0.4, -0.2) is 22.2 Å². The van der Waals surface area contributed by atoms with E-state index >= 15 is 0 Å². The number of nitrogens with one attached hydrogen (secondary N) is 1. The van der Waals surface area contributed by atoms with Gasteiger partial charge >= 0.3 is 0 Å². The van der Waals surface area contributed by atoms with Crippen LogP contribution >= 0.6 is 15.9 Å². The number of hydrazone groups is 1. The second-order valence-corrected chi connectivity index (χ2v) is 3.46. The maximum absolute atomic E-state index is 9.42. The lowest BCUT2D eigenvalue weighted by Crippen LogP contribution is -2.39. The van der Waals surface area contributed by atoms with Crippen LogP contribution in [0.5, 0.6) is 0 Å². The number of hydrogen-bond acceptors (Lipinski definition) is 4. The summed E-state index contributed by atoms with van der Waals surface area (Å²) in [5.74, 6) is 0.739. The Morgan fingerprint density at radius 1 is 1.67 bits per heavy atom. The van der Waals surface area contributed by atoms with Crippen LogP contribution in [0.3, 0.4) is 0 Å². The van der Waals surface area contributed by atoms with E-state index in [1.54, 1.807) is 4.90 Å². The van der Waals surface area contributed by atoms with Crippen LogP contribution < -0.4 is 5.43 Å². The van der Waals surface area contributed by atoms with Gasteiger partial charge in [-0.2, -0.15) is 5.10 Å². The number of fused-ring (bicyclic) bond motifs is 1. The molecule has 5 heteroatoms. The van der Waals surface area contributed by atoms with Crippen molar-refractivity contribution in [2.75, 3.05) is 0 Å². The average molecular weight is 230 g/mol. The number of aliphatic hydroxyl groups excluding tert-OH is 1. The van der Waals surface area contributed by atoms with Gasteiger partial charge in [0, 0.05) is 10.2 Å². The fraction of sp³-hybridized carbons (Fsp3) is 0.286. The molecule has 0 saturated carbocycles. The highest BCUT2D eigenvalue weighted by Gasteiger charge is 2.28. The van der Waals surface area contributed by atoms with Gasteiger partial charge in [0.1, 0.15) is 0 Å². The Kier molecular flexibility index (Phi) is 1.69. The van der Waals surface area contributed by atoms with E-state index in [-0.39, 0.29) is 0 Å². The lowest BCUT2D eigenvalue weighted by Gasteiger charge is -2.25. The molecule has 0 fully saturated rings. The van der Waals surface area contributed by atoms with Crippen molar-refractivity contribution in [1.82, 2.24) is 10.3 Å². The van der Waals surface area contributed by atoms with Gasteiger partial charge in [-0.15, -0.1) is 0 Å². The highest BCUT2D eigenvalue weighted by Crippen LogP contribution is 2.25. The molecule has 0 amide bonds. The second kappa shape index (κ2) is 2.60. The van der Waals surface area contributed by atoms with Gasteiger partial charge in [0.05, 0.1) is 0 Å². The lowest BCUT2D eigenvalue weighted by molar-refractivity contribution is 0.0602. The number of nitrogens with zero attached hydrogens (tertiary/aromatic N) is 2. The smallest absolute Gasteiger partial charge is 0.225 e. The number of aliphatic hydroxyl groups is 1. The molecule has 0 aromatic heterocycles. The van der Waals surface area contributed by atoms with Gasteiger partial charge in [-0.1, -0.05) is 0 Å². The summed E-state index contributed by atoms with van der Waals surface area (Å²) in [6, 6.07) is 0. The molecule has 1 unspecified atom stereocenters. The van der Waals surface area contributed by atoms with Crippen LogP contribution in [0.2, 0.25) is 0 Å². The van der Waals surface area contributed by atoms with Crippen LogP contribution in [0.15, 0.2) is 27.4 Å². The molecule has 2 rings (SSSR count). The number of allylic oxidation sites excluding steroid dienone is 3. The third-order valence-electron chi connectivity index (χ3n) is 1.87. The molecule has 0 aromatic carbocycles. The molecule has 2 aliphatic heterocycles. The van der Waals surface area contributed by atoms with Crippen LogP contribution in [0.25, 0.3) is 0 Å². The third-order valence-corrected chi connectivity index (χ3v) is 2.71. The van der Waals surface area contributed by atoms with E-state index in [9.17, 15) is 5.11 Å². The molecule has 0 aromatic rings. The Balaban J connectivity index is 2.41. The quantitative estimate of drug-likeness (QED) is 0.643. The van der Waals surface area contributed by atoms with Gasteiger partial charge < -0.3 is 5.11 Å². The highest BCUT2D eigenvalue weighted by molar-refractivity contribution is 9.11. The first-order valence-electron chi connectivity index (χ1n) is 3.55. The predicted molar refractivity (Wildman–Crippen MR) is 49.2 cm³/mol. The Morgan fingerprint density at radius 3 is 3.17 bits per heavy atom. The van der Waals surface area contributed by atoms with Crippen molar-refractivity contribution >= 4 is 21.8 Å². The van der Waals surface area contributed by atoms with E-state index in [2.05, 4.69) is 26.5 Å². The van der Waals surface area contributed by atoms with Crippen molar-refractivity contribution in [2.24, 2.45) is 5.10 Å². The first-order chi connectivity index (χ1) is 5.70. The minimum Gasteiger partial charge on any atom is -0.355 e. The normalized spacial score (nSPS) is 27.1. The van der Waals surface area contributed by atoms with E-state index in [4.69, 9.17) is 0 Å². The molecule has 0 aliphatic carbocycles. The van der Waals surface area contributed by atoms with Gasteiger partial charge in [-0.05, 0) is 35.0 Å². The van der Waals surface area contributed by atoms with Crippen LogP contribution in [0, 0.1) is 0 Å². The first kappa shape index (κ1) is 7.82. The number of amidine groups is 1. The molecule has 1 atom stereocenters. The van der Waals surface area contributed by atoms with E-state index in [1.807, 2.05) is 19.1 Å². The molecule has 64 valence electrons. The minimum absolute atomic E-state index is 0.738. The van der Waals surface area contributed by atoms with E-state index in [0.29, 0.717) is 0 Å². The summed E-state index contributed by atoms with van der Waals surface area (Å²) in [5, 5.41) is 13.3. The second-order valence-electron chi connectivity index (χ2n) is 2.61. The van der Waals surface area contributed by atoms with E-state index < -0.39 is 6.35 Å². The largest absolute Gasteiger partial charge is 0.355 e.